The smallest absolute Gasteiger partial charge is 0.337 e. The van der Waals surface area contributed by atoms with E-state index in [-0.39, 0.29) is 0 Å². The zero-order valence-corrected chi connectivity index (χ0v) is 16.2. The van der Waals surface area contributed by atoms with Crippen molar-refractivity contribution in [3.05, 3.63) is 31.5 Å². The van der Waals surface area contributed by atoms with Crippen LogP contribution in [0.25, 0.3) is 0 Å². The summed E-state index contributed by atoms with van der Waals surface area (Å²) in [7, 11) is 0. The van der Waals surface area contributed by atoms with Gasteiger partial charge >= 0.3 is 17.1 Å². The summed E-state index contributed by atoms with van der Waals surface area (Å²) >= 11 is 0. The van der Waals surface area contributed by atoms with Gasteiger partial charge in [-0.25, -0.2) is 28.1 Å². The van der Waals surface area contributed by atoms with Gasteiger partial charge in [-0.3, -0.25) is 0 Å². The van der Waals surface area contributed by atoms with Crippen molar-refractivity contribution >= 4 is 0 Å². The normalized spacial score (nSPS) is 24.6. The molecule has 27 heavy (non-hydrogen) atoms. The molecule has 1 aromatic heterocycles. The van der Waals surface area contributed by atoms with E-state index < -0.39 is 33.7 Å². The lowest BCUT2D eigenvalue weighted by Gasteiger charge is -2.47. The van der Waals surface area contributed by atoms with Gasteiger partial charge in [0.15, 0.2) is 0 Å². The van der Waals surface area contributed by atoms with Crippen LogP contribution in [0.15, 0.2) is 14.4 Å². The first-order chi connectivity index (χ1) is 12.9. The van der Waals surface area contributed by atoms with Gasteiger partial charge < -0.3 is 14.2 Å². The van der Waals surface area contributed by atoms with Crippen LogP contribution in [0.4, 0.5) is 0 Å². The lowest BCUT2D eigenvalue weighted by atomic mass is 9.91. The van der Waals surface area contributed by atoms with Gasteiger partial charge in [-0.15, -0.1) is 0 Å². The fraction of sp³-hybridized carbons (Fsp3) is 0.833. The molecule has 1 aromatic rings. The van der Waals surface area contributed by atoms with E-state index in [4.69, 9.17) is 14.2 Å². The molecular weight excluding hydrogens is 354 g/mol. The van der Waals surface area contributed by atoms with Gasteiger partial charge in [0.1, 0.15) is 16.6 Å². The maximum atomic E-state index is 13.5. The molecule has 4 rings (SSSR count). The van der Waals surface area contributed by atoms with Crippen LogP contribution in [0.3, 0.4) is 0 Å². The number of nitrogens with zero attached hydrogens (tertiary/aromatic N) is 3. The van der Waals surface area contributed by atoms with Crippen LogP contribution in [0.1, 0.15) is 40.0 Å². The van der Waals surface area contributed by atoms with Crippen molar-refractivity contribution in [3.8, 4) is 0 Å². The van der Waals surface area contributed by atoms with Gasteiger partial charge in [0, 0.05) is 0 Å². The fourth-order valence-corrected chi connectivity index (χ4v) is 4.25. The fourth-order valence-electron chi connectivity index (χ4n) is 4.25. The standard InChI is InChI=1S/C18H27N3O6/c1-4-16(7-25-8-16)19-13(22)20(17(5-2)9-26-10-17)15(24)21(14(19)23)18(6-3)11-27-12-18/h4-12H2,1-3H3. The van der Waals surface area contributed by atoms with Crippen molar-refractivity contribution in [2.45, 2.75) is 56.7 Å². The second-order valence-corrected chi connectivity index (χ2v) is 8.07. The Balaban J connectivity index is 2.08. The van der Waals surface area contributed by atoms with Crippen molar-refractivity contribution in [2.24, 2.45) is 0 Å². The minimum absolute atomic E-state index is 0.294. The number of ether oxygens (including phenoxy) is 3. The quantitative estimate of drug-likeness (QED) is 0.664. The van der Waals surface area contributed by atoms with Crippen molar-refractivity contribution in [3.63, 3.8) is 0 Å². The van der Waals surface area contributed by atoms with Gasteiger partial charge in [0.2, 0.25) is 0 Å². The maximum Gasteiger partial charge on any atom is 0.337 e. The topological polar surface area (TPSA) is 93.7 Å². The highest BCUT2D eigenvalue weighted by Gasteiger charge is 2.50. The zero-order chi connectivity index (χ0) is 19.4. The SMILES string of the molecule is CCC1(n2c(=O)n(C3(CC)COC3)c(=O)n(C3(CC)COC3)c2=O)COC1. The van der Waals surface area contributed by atoms with Crippen molar-refractivity contribution in [2.75, 3.05) is 39.6 Å². The predicted molar refractivity (Wildman–Crippen MR) is 96.5 cm³/mol. The van der Waals surface area contributed by atoms with E-state index in [9.17, 15) is 14.4 Å². The molecule has 3 aliphatic heterocycles. The summed E-state index contributed by atoms with van der Waals surface area (Å²) in [4.78, 5) is 40.4. The molecule has 0 aromatic carbocycles. The minimum atomic E-state index is -0.704. The lowest BCUT2D eigenvalue weighted by Crippen LogP contribution is -2.74. The van der Waals surface area contributed by atoms with E-state index in [1.54, 1.807) is 0 Å². The Morgan fingerprint density at radius 3 is 0.926 bits per heavy atom. The first kappa shape index (κ1) is 18.6. The molecule has 3 fully saturated rings. The highest BCUT2D eigenvalue weighted by atomic mass is 16.5. The first-order valence-electron chi connectivity index (χ1n) is 9.66. The number of rotatable bonds is 6. The summed E-state index contributed by atoms with van der Waals surface area (Å²) in [5, 5.41) is 0. The molecular formula is C18H27N3O6. The Kier molecular flexibility index (Phi) is 4.25. The van der Waals surface area contributed by atoms with Crippen LogP contribution in [0.5, 0.6) is 0 Å². The molecule has 4 heterocycles. The highest BCUT2D eigenvalue weighted by molar-refractivity contribution is 5.04. The third kappa shape index (κ3) is 2.25. The molecule has 0 unspecified atom stereocenters. The predicted octanol–water partition coefficient (Wildman–Crippen LogP) is -0.422. The van der Waals surface area contributed by atoms with E-state index in [1.807, 2.05) is 20.8 Å². The molecule has 0 aliphatic carbocycles. The number of hydrogen-bond acceptors (Lipinski definition) is 6. The summed E-state index contributed by atoms with van der Waals surface area (Å²) in [6, 6.07) is 0. The molecule has 3 saturated heterocycles. The van der Waals surface area contributed by atoms with Gasteiger partial charge in [0.25, 0.3) is 0 Å². The molecule has 0 spiro atoms. The molecule has 150 valence electrons. The van der Waals surface area contributed by atoms with Crippen LogP contribution in [0.2, 0.25) is 0 Å². The van der Waals surface area contributed by atoms with E-state index in [2.05, 4.69) is 0 Å². The third-order valence-corrected chi connectivity index (χ3v) is 6.77. The van der Waals surface area contributed by atoms with Gasteiger partial charge in [-0.2, -0.15) is 0 Å². The molecule has 0 N–H and O–H groups in total. The van der Waals surface area contributed by atoms with E-state index in [0.717, 1.165) is 0 Å². The van der Waals surface area contributed by atoms with Crippen molar-refractivity contribution in [1.29, 1.82) is 0 Å². The molecule has 0 saturated carbocycles. The summed E-state index contributed by atoms with van der Waals surface area (Å²) in [6.07, 6.45) is 1.73. The van der Waals surface area contributed by atoms with Crippen LogP contribution >= 0.6 is 0 Å². The van der Waals surface area contributed by atoms with Gasteiger partial charge in [-0.1, -0.05) is 20.8 Å². The van der Waals surface area contributed by atoms with Gasteiger partial charge in [0.05, 0.1) is 39.6 Å². The Morgan fingerprint density at radius 1 is 0.593 bits per heavy atom. The Bertz CT molecular complexity index is 749. The van der Waals surface area contributed by atoms with Crippen molar-refractivity contribution < 1.29 is 14.2 Å². The summed E-state index contributed by atoms with van der Waals surface area (Å²) < 4.78 is 19.9. The molecule has 0 amide bonds. The molecule has 0 atom stereocenters. The summed E-state index contributed by atoms with van der Waals surface area (Å²) in [5.74, 6) is 0. The molecule has 9 nitrogen and oxygen atoms in total. The van der Waals surface area contributed by atoms with E-state index in [0.29, 0.717) is 58.9 Å². The van der Waals surface area contributed by atoms with Crippen molar-refractivity contribution in [1.82, 2.24) is 13.7 Å². The van der Waals surface area contributed by atoms with Gasteiger partial charge in [-0.05, 0) is 19.3 Å². The monoisotopic (exact) mass is 381 g/mol. The maximum absolute atomic E-state index is 13.5. The second-order valence-electron chi connectivity index (χ2n) is 8.07. The minimum Gasteiger partial charge on any atom is -0.376 e. The average molecular weight is 381 g/mol. The molecule has 3 aliphatic rings. The van der Waals surface area contributed by atoms with E-state index >= 15 is 0 Å². The average Bonchev–Trinajstić information content (AvgIpc) is 2.54. The number of aromatic nitrogens is 3. The largest absolute Gasteiger partial charge is 0.376 e. The van der Waals surface area contributed by atoms with Crippen LogP contribution < -0.4 is 17.1 Å². The molecule has 0 radical (unpaired) electrons. The third-order valence-electron chi connectivity index (χ3n) is 6.77. The Hall–Kier alpha value is -1.71. The first-order valence-corrected chi connectivity index (χ1v) is 9.66. The summed E-state index contributed by atoms with van der Waals surface area (Å²) in [6.45, 7) is 7.55. The molecule has 9 heteroatoms. The van der Waals surface area contributed by atoms with Crippen LogP contribution in [0, 0.1) is 0 Å². The van der Waals surface area contributed by atoms with E-state index in [1.165, 1.54) is 13.7 Å². The Labute approximate surface area is 156 Å². The highest BCUT2D eigenvalue weighted by Crippen LogP contribution is 2.31. The number of hydrogen-bond donors (Lipinski definition) is 0. The molecule has 0 bridgehead atoms. The Morgan fingerprint density at radius 2 is 0.815 bits per heavy atom. The van der Waals surface area contributed by atoms with Crippen LogP contribution in [-0.2, 0) is 30.8 Å². The van der Waals surface area contributed by atoms with Crippen LogP contribution in [-0.4, -0.2) is 53.3 Å². The summed E-state index contributed by atoms with van der Waals surface area (Å²) in [5.41, 5.74) is -3.77. The lowest BCUT2D eigenvalue weighted by molar-refractivity contribution is -0.136. The second kappa shape index (κ2) is 6.15. The zero-order valence-electron chi connectivity index (χ0n) is 16.2.